The van der Waals surface area contributed by atoms with Crippen molar-refractivity contribution in [2.45, 2.75) is 6.42 Å². The van der Waals surface area contributed by atoms with Gasteiger partial charge in [0.25, 0.3) is 0 Å². The summed E-state index contributed by atoms with van der Waals surface area (Å²) in [5.74, 6) is 0.519. The van der Waals surface area contributed by atoms with Gasteiger partial charge < -0.3 is 9.52 Å². The molecular weight excluding hydrogens is 627 g/mol. The van der Waals surface area contributed by atoms with Crippen molar-refractivity contribution in [1.29, 1.82) is 0 Å². The SMILES string of the molecule is Oc1ccccc1-c1nc2c(-c3[c-]c(-c4ccccn4)ccc3)cc(Cc3ccccc3)cc2o1.[Pt]. The fraction of sp³-hybridized carbons (Fsp3) is 0.0323. The van der Waals surface area contributed by atoms with Crippen LogP contribution in [0, 0.1) is 6.07 Å². The Hall–Kier alpha value is -4.01. The summed E-state index contributed by atoms with van der Waals surface area (Å²) < 4.78 is 6.19. The van der Waals surface area contributed by atoms with Gasteiger partial charge in [-0.15, -0.1) is 29.8 Å². The van der Waals surface area contributed by atoms with E-state index in [2.05, 4.69) is 29.2 Å². The number of oxazole rings is 1. The summed E-state index contributed by atoms with van der Waals surface area (Å²) >= 11 is 0. The third-order valence-corrected chi connectivity index (χ3v) is 5.97. The average molecular weight is 649 g/mol. The molecule has 0 aliphatic carbocycles. The van der Waals surface area contributed by atoms with Crippen molar-refractivity contribution in [2.75, 3.05) is 0 Å². The summed E-state index contributed by atoms with van der Waals surface area (Å²) in [4.78, 5) is 9.29. The van der Waals surface area contributed by atoms with Crippen LogP contribution in [0.5, 0.6) is 5.75 Å². The number of hydrogen-bond acceptors (Lipinski definition) is 4. The predicted molar refractivity (Wildman–Crippen MR) is 138 cm³/mol. The van der Waals surface area contributed by atoms with Gasteiger partial charge in [0.15, 0.2) is 0 Å². The molecule has 2 aromatic heterocycles. The fourth-order valence-corrected chi connectivity index (χ4v) is 4.29. The minimum atomic E-state index is 0. The predicted octanol–water partition coefficient (Wildman–Crippen LogP) is 7.32. The second kappa shape index (κ2) is 10.3. The molecule has 0 saturated heterocycles. The minimum absolute atomic E-state index is 0. The van der Waals surface area contributed by atoms with Crippen LogP contribution in [0.2, 0.25) is 0 Å². The summed E-state index contributed by atoms with van der Waals surface area (Å²) in [6.45, 7) is 0. The molecule has 5 heteroatoms. The number of fused-ring (bicyclic) bond motifs is 1. The number of benzene rings is 4. The number of pyridine rings is 1. The topological polar surface area (TPSA) is 59.2 Å². The Balaban J connectivity index is 0.00000267. The Kier molecular flexibility index (Phi) is 6.79. The second-order valence-corrected chi connectivity index (χ2v) is 8.38. The van der Waals surface area contributed by atoms with Crippen LogP contribution in [0.4, 0.5) is 0 Å². The molecular formula is C31H21N2O2Pt-. The Morgan fingerprint density at radius 3 is 2.31 bits per heavy atom. The molecule has 0 aliphatic rings. The van der Waals surface area contributed by atoms with Crippen LogP contribution >= 0.6 is 0 Å². The minimum Gasteiger partial charge on any atom is -0.507 e. The monoisotopic (exact) mass is 648 g/mol. The first-order chi connectivity index (χ1) is 17.2. The second-order valence-electron chi connectivity index (χ2n) is 8.38. The average Bonchev–Trinajstić information content (AvgIpc) is 3.33. The summed E-state index contributed by atoms with van der Waals surface area (Å²) in [7, 11) is 0. The number of phenols is 1. The van der Waals surface area contributed by atoms with Crippen LogP contribution < -0.4 is 0 Å². The van der Waals surface area contributed by atoms with E-state index in [9.17, 15) is 5.11 Å². The fourth-order valence-electron chi connectivity index (χ4n) is 4.29. The number of phenolic OH excluding ortho intramolecular Hbond substituents is 1. The molecule has 2 heterocycles. The first-order valence-corrected chi connectivity index (χ1v) is 11.4. The van der Waals surface area contributed by atoms with Crippen LogP contribution in [0.25, 0.3) is 44.9 Å². The van der Waals surface area contributed by atoms with Crippen molar-refractivity contribution >= 4 is 11.1 Å². The van der Waals surface area contributed by atoms with E-state index in [0.29, 0.717) is 17.0 Å². The van der Waals surface area contributed by atoms with Crippen LogP contribution in [-0.4, -0.2) is 15.1 Å². The molecule has 6 aromatic rings. The molecule has 0 atom stereocenters. The van der Waals surface area contributed by atoms with Gasteiger partial charge in [0.1, 0.15) is 11.3 Å². The Morgan fingerprint density at radius 2 is 1.50 bits per heavy atom. The van der Waals surface area contributed by atoms with Crippen molar-refractivity contribution in [2.24, 2.45) is 0 Å². The zero-order chi connectivity index (χ0) is 23.6. The molecule has 0 aliphatic heterocycles. The van der Waals surface area contributed by atoms with Gasteiger partial charge >= 0.3 is 0 Å². The molecule has 1 N–H and O–H groups in total. The van der Waals surface area contributed by atoms with Crippen LogP contribution in [0.15, 0.2) is 114 Å². The maximum atomic E-state index is 10.4. The van der Waals surface area contributed by atoms with E-state index in [1.54, 1.807) is 24.4 Å². The van der Waals surface area contributed by atoms with Gasteiger partial charge in [-0.1, -0.05) is 71.8 Å². The first-order valence-electron chi connectivity index (χ1n) is 11.4. The van der Waals surface area contributed by atoms with Gasteiger partial charge in [0.05, 0.1) is 11.1 Å². The Labute approximate surface area is 223 Å². The van der Waals surface area contributed by atoms with Crippen molar-refractivity contribution in [1.82, 2.24) is 9.97 Å². The number of para-hydroxylation sites is 1. The van der Waals surface area contributed by atoms with Gasteiger partial charge in [0.2, 0.25) is 5.89 Å². The van der Waals surface area contributed by atoms with E-state index in [1.807, 2.05) is 66.7 Å². The van der Waals surface area contributed by atoms with Crippen LogP contribution in [-0.2, 0) is 27.5 Å². The Bertz CT molecular complexity index is 1630. The normalized spacial score (nSPS) is 10.8. The summed E-state index contributed by atoms with van der Waals surface area (Å²) in [5.41, 5.74) is 7.89. The van der Waals surface area contributed by atoms with E-state index in [-0.39, 0.29) is 26.8 Å². The molecule has 0 radical (unpaired) electrons. The van der Waals surface area contributed by atoms with E-state index >= 15 is 0 Å². The summed E-state index contributed by atoms with van der Waals surface area (Å²) in [5, 5.41) is 10.4. The zero-order valence-electron chi connectivity index (χ0n) is 19.2. The molecule has 178 valence electrons. The van der Waals surface area contributed by atoms with Crippen LogP contribution in [0.1, 0.15) is 11.1 Å². The maximum absolute atomic E-state index is 10.4. The summed E-state index contributed by atoms with van der Waals surface area (Å²) in [6.07, 6.45) is 2.54. The van der Waals surface area contributed by atoms with Gasteiger partial charge in [-0.25, -0.2) is 4.98 Å². The third-order valence-electron chi connectivity index (χ3n) is 5.97. The number of aromatic nitrogens is 2. The van der Waals surface area contributed by atoms with Gasteiger partial charge in [-0.3, -0.25) is 4.98 Å². The molecule has 0 spiro atoms. The smallest absolute Gasteiger partial charge is 0.230 e. The van der Waals surface area contributed by atoms with E-state index < -0.39 is 0 Å². The third kappa shape index (κ3) is 4.73. The van der Waals surface area contributed by atoms with Gasteiger partial charge in [0, 0.05) is 33.0 Å². The number of rotatable bonds is 5. The molecule has 0 bridgehead atoms. The molecule has 0 fully saturated rings. The molecule has 0 amide bonds. The molecule has 6 rings (SSSR count). The van der Waals surface area contributed by atoms with E-state index in [4.69, 9.17) is 9.40 Å². The molecule has 4 aromatic carbocycles. The van der Waals surface area contributed by atoms with Crippen molar-refractivity contribution in [3.8, 4) is 39.6 Å². The zero-order valence-corrected chi connectivity index (χ0v) is 21.4. The van der Waals surface area contributed by atoms with E-state index in [0.717, 1.165) is 39.9 Å². The number of nitrogens with zero attached hydrogens (tertiary/aromatic N) is 2. The maximum Gasteiger partial charge on any atom is 0.230 e. The quantitative estimate of drug-likeness (QED) is 0.199. The number of aromatic hydroxyl groups is 1. The van der Waals surface area contributed by atoms with Crippen molar-refractivity contribution in [3.63, 3.8) is 0 Å². The molecule has 36 heavy (non-hydrogen) atoms. The Morgan fingerprint density at radius 1 is 0.722 bits per heavy atom. The molecule has 0 saturated carbocycles. The summed E-state index contributed by atoms with van der Waals surface area (Å²) in [6, 6.07) is 37.0. The molecule has 0 unspecified atom stereocenters. The standard InChI is InChI=1S/C31H21N2O2.Pt/c34-28-15-5-4-13-25(28)31-33-30-26(23-11-8-12-24(20-23)27-14-6-7-16-32-27)18-22(19-29(30)35-31)17-21-9-2-1-3-10-21;/h1-16,18-19,34H,17H2;/q-1;. The van der Waals surface area contributed by atoms with Gasteiger partial charge in [-0.05, 0) is 41.8 Å². The van der Waals surface area contributed by atoms with Crippen LogP contribution in [0.3, 0.4) is 0 Å². The van der Waals surface area contributed by atoms with E-state index in [1.165, 1.54) is 5.56 Å². The first kappa shape index (κ1) is 23.7. The van der Waals surface area contributed by atoms with Crippen molar-refractivity contribution < 1.29 is 30.6 Å². The van der Waals surface area contributed by atoms with Crippen molar-refractivity contribution in [3.05, 3.63) is 127 Å². The molecule has 4 nitrogen and oxygen atoms in total. The number of hydrogen-bond donors (Lipinski definition) is 1. The largest absolute Gasteiger partial charge is 0.507 e. The van der Waals surface area contributed by atoms with Gasteiger partial charge in [-0.2, -0.15) is 0 Å².